The van der Waals surface area contributed by atoms with Crippen LogP contribution in [0.3, 0.4) is 0 Å². The van der Waals surface area contributed by atoms with Crippen LogP contribution in [0.15, 0.2) is 35.5 Å². The molecule has 1 fully saturated rings. The molecular formula is C20H30O4. The number of hydrogen-bond acceptors (Lipinski definition) is 4. The fourth-order valence-electron chi connectivity index (χ4n) is 3.47. The van der Waals surface area contributed by atoms with Crippen molar-refractivity contribution in [3.05, 3.63) is 35.5 Å². The Morgan fingerprint density at radius 1 is 1.25 bits per heavy atom. The molecule has 0 radical (unpaired) electrons. The van der Waals surface area contributed by atoms with Crippen LogP contribution in [0.25, 0.3) is 0 Å². The van der Waals surface area contributed by atoms with Crippen LogP contribution in [0.4, 0.5) is 0 Å². The highest BCUT2D eigenvalue weighted by Crippen LogP contribution is 2.36. The number of carbonyl (C=O) groups excluding carboxylic acids is 1. The van der Waals surface area contributed by atoms with Gasteiger partial charge in [0.25, 0.3) is 0 Å². The summed E-state index contributed by atoms with van der Waals surface area (Å²) in [7, 11) is 0. The van der Waals surface area contributed by atoms with E-state index in [1.165, 1.54) is 11.1 Å². The predicted octanol–water partition coefficient (Wildman–Crippen LogP) is 3.44. The summed E-state index contributed by atoms with van der Waals surface area (Å²) in [5.41, 5.74) is 1.69. The molecule has 1 saturated heterocycles. The van der Waals surface area contributed by atoms with Crippen molar-refractivity contribution in [1.29, 1.82) is 0 Å². The molecule has 1 aliphatic carbocycles. The zero-order chi connectivity index (χ0) is 17.9. The summed E-state index contributed by atoms with van der Waals surface area (Å²) >= 11 is 0. The number of esters is 1. The Balaban J connectivity index is 2.24. The molecular weight excluding hydrogens is 304 g/mol. The minimum Gasteiger partial charge on any atom is -0.458 e. The average molecular weight is 334 g/mol. The van der Waals surface area contributed by atoms with Crippen molar-refractivity contribution in [2.75, 3.05) is 0 Å². The molecule has 0 spiro atoms. The van der Waals surface area contributed by atoms with Gasteiger partial charge in [0.1, 0.15) is 6.10 Å². The standard InChI is InChI=1S/C20H30O4/c1-13-7-5-8-14(2)11-17-16(15(3)19(22)24-17)12-18(21)20(4,23)10-6-9-13/h8-9,16-18,21,23H,3,5-7,10-12H2,1-2,4H3/b13-9-,14-8-/t16-,17+,18+,20-/m1/s1. The van der Waals surface area contributed by atoms with Gasteiger partial charge in [-0.05, 0) is 52.9 Å². The molecule has 4 nitrogen and oxygen atoms in total. The lowest BCUT2D eigenvalue weighted by molar-refractivity contribution is -0.139. The van der Waals surface area contributed by atoms with Crippen LogP contribution >= 0.6 is 0 Å². The van der Waals surface area contributed by atoms with Gasteiger partial charge in [-0.25, -0.2) is 4.79 Å². The van der Waals surface area contributed by atoms with Gasteiger partial charge >= 0.3 is 5.97 Å². The fourth-order valence-corrected chi connectivity index (χ4v) is 3.47. The van der Waals surface area contributed by atoms with Gasteiger partial charge in [-0.3, -0.25) is 0 Å². The summed E-state index contributed by atoms with van der Waals surface area (Å²) in [6.45, 7) is 9.64. The van der Waals surface area contributed by atoms with Crippen LogP contribution < -0.4 is 0 Å². The van der Waals surface area contributed by atoms with Crippen LogP contribution in [0.2, 0.25) is 0 Å². The number of aliphatic hydroxyl groups is 2. The van der Waals surface area contributed by atoms with Crippen molar-refractivity contribution >= 4 is 5.97 Å². The number of hydrogen-bond donors (Lipinski definition) is 2. The first-order chi connectivity index (χ1) is 11.2. The lowest BCUT2D eigenvalue weighted by atomic mass is 9.81. The summed E-state index contributed by atoms with van der Waals surface area (Å²) in [6.07, 6.45) is 7.19. The molecule has 0 amide bonds. The van der Waals surface area contributed by atoms with Gasteiger partial charge < -0.3 is 14.9 Å². The lowest BCUT2D eigenvalue weighted by Gasteiger charge is -2.31. The maximum atomic E-state index is 11.9. The van der Waals surface area contributed by atoms with Crippen molar-refractivity contribution in [3.63, 3.8) is 0 Å². The third kappa shape index (κ3) is 4.58. The van der Waals surface area contributed by atoms with Gasteiger partial charge in [0.05, 0.1) is 11.7 Å². The van der Waals surface area contributed by atoms with E-state index in [2.05, 4.69) is 25.7 Å². The Morgan fingerprint density at radius 2 is 1.92 bits per heavy atom. The Kier molecular flexibility index (Phi) is 6.05. The molecule has 1 aliphatic heterocycles. The van der Waals surface area contributed by atoms with Gasteiger partial charge in [-0.1, -0.05) is 29.9 Å². The molecule has 2 N–H and O–H groups in total. The molecule has 4 heteroatoms. The van der Waals surface area contributed by atoms with Crippen LogP contribution in [0, 0.1) is 5.92 Å². The number of allylic oxidation sites excluding steroid dienone is 3. The topological polar surface area (TPSA) is 66.8 Å². The van der Waals surface area contributed by atoms with Crippen molar-refractivity contribution in [1.82, 2.24) is 0 Å². The molecule has 24 heavy (non-hydrogen) atoms. The first kappa shape index (κ1) is 18.9. The third-order valence-electron chi connectivity index (χ3n) is 5.31. The van der Waals surface area contributed by atoms with E-state index in [4.69, 9.17) is 4.74 Å². The van der Waals surface area contributed by atoms with Gasteiger partial charge in [0.15, 0.2) is 0 Å². The van der Waals surface area contributed by atoms with E-state index in [0.29, 0.717) is 18.4 Å². The first-order valence-corrected chi connectivity index (χ1v) is 8.82. The van der Waals surface area contributed by atoms with Gasteiger partial charge in [-0.2, -0.15) is 0 Å². The van der Waals surface area contributed by atoms with E-state index in [1.54, 1.807) is 6.92 Å². The fraction of sp³-hybridized carbons (Fsp3) is 0.650. The summed E-state index contributed by atoms with van der Waals surface area (Å²) in [5.74, 6) is -0.631. The maximum absolute atomic E-state index is 11.9. The predicted molar refractivity (Wildman–Crippen MR) is 94.4 cm³/mol. The van der Waals surface area contributed by atoms with Gasteiger partial charge in [-0.15, -0.1) is 0 Å². The maximum Gasteiger partial charge on any atom is 0.334 e. The minimum absolute atomic E-state index is 0.248. The van der Waals surface area contributed by atoms with Crippen LogP contribution in [0.1, 0.15) is 59.3 Å². The monoisotopic (exact) mass is 334 g/mol. The number of rotatable bonds is 0. The van der Waals surface area contributed by atoms with Crippen LogP contribution in [-0.4, -0.2) is 34.0 Å². The van der Waals surface area contributed by atoms with E-state index < -0.39 is 11.7 Å². The Hall–Kier alpha value is -1.39. The molecule has 1 heterocycles. The van der Waals surface area contributed by atoms with Gasteiger partial charge in [0.2, 0.25) is 0 Å². The van der Waals surface area contributed by atoms with E-state index in [1.807, 2.05) is 6.92 Å². The molecule has 134 valence electrons. The second-order valence-electron chi connectivity index (χ2n) is 7.57. The highest BCUT2D eigenvalue weighted by atomic mass is 16.6. The number of ether oxygens (including phenoxy) is 1. The summed E-state index contributed by atoms with van der Waals surface area (Å²) in [6, 6.07) is 0. The third-order valence-corrected chi connectivity index (χ3v) is 5.31. The molecule has 2 rings (SSSR count). The Labute approximate surface area is 144 Å². The highest BCUT2D eigenvalue weighted by Gasteiger charge is 2.42. The minimum atomic E-state index is -1.19. The smallest absolute Gasteiger partial charge is 0.334 e. The van der Waals surface area contributed by atoms with E-state index in [-0.39, 0.29) is 24.4 Å². The summed E-state index contributed by atoms with van der Waals surface area (Å²) < 4.78 is 5.46. The highest BCUT2D eigenvalue weighted by molar-refractivity contribution is 5.90. The zero-order valence-electron chi connectivity index (χ0n) is 15.0. The quantitative estimate of drug-likeness (QED) is 0.404. The van der Waals surface area contributed by atoms with E-state index >= 15 is 0 Å². The SMILES string of the molecule is C=C1C(=O)O[C@H]2C/C(C)=C\CC/C(C)=C\CC[C@@](C)(O)[C@@H](O)C[C@H]12. The lowest BCUT2D eigenvalue weighted by Crippen LogP contribution is -2.41. The zero-order valence-corrected chi connectivity index (χ0v) is 15.0. The summed E-state index contributed by atoms with van der Waals surface area (Å²) in [4.78, 5) is 11.9. The molecule has 0 aromatic carbocycles. The molecule has 0 bridgehead atoms. The van der Waals surface area contributed by atoms with Gasteiger partial charge in [0, 0.05) is 17.9 Å². The van der Waals surface area contributed by atoms with Crippen molar-refractivity contribution in [2.45, 2.75) is 77.1 Å². The van der Waals surface area contributed by atoms with Crippen molar-refractivity contribution in [3.8, 4) is 0 Å². The van der Waals surface area contributed by atoms with Crippen LogP contribution in [0.5, 0.6) is 0 Å². The number of carbonyl (C=O) groups is 1. The number of fused-ring (bicyclic) bond motifs is 1. The molecule has 0 aromatic rings. The number of aliphatic hydroxyl groups excluding tert-OH is 1. The van der Waals surface area contributed by atoms with E-state index in [9.17, 15) is 15.0 Å². The van der Waals surface area contributed by atoms with Crippen molar-refractivity contribution in [2.24, 2.45) is 5.92 Å². The Bertz CT molecular complexity index is 556. The second-order valence-corrected chi connectivity index (χ2v) is 7.57. The van der Waals surface area contributed by atoms with Crippen LogP contribution in [-0.2, 0) is 9.53 Å². The Morgan fingerprint density at radius 3 is 2.62 bits per heavy atom. The molecule has 0 unspecified atom stereocenters. The molecule has 0 aromatic heterocycles. The summed E-state index contributed by atoms with van der Waals surface area (Å²) in [5, 5.41) is 21.2. The first-order valence-electron chi connectivity index (χ1n) is 8.82. The molecule has 4 atom stereocenters. The van der Waals surface area contributed by atoms with E-state index in [0.717, 1.165) is 19.3 Å². The molecule has 0 saturated carbocycles. The van der Waals surface area contributed by atoms with Crippen molar-refractivity contribution < 1.29 is 19.7 Å². The average Bonchev–Trinajstić information content (AvgIpc) is 2.73. The largest absolute Gasteiger partial charge is 0.458 e. The normalized spacial score (nSPS) is 40.6. The second kappa shape index (κ2) is 7.66. The molecule has 2 aliphatic rings.